The molecule has 0 aromatic carbocycles. The van der Waals surface area contributed by atoms with E-state index in [4.69, 9.17) is 9.97 Å². The summed E-state index contributed by atoms with van der Waals surface area (Å²) in [5, 5.41) is 0. The highest BCUT2D eigenvalue weighted by molar-refractivity contribution is 5.08. The molecule has 0 aliphatic heterocycles. The van der Waals surface area contributed by atoms with E-state index in [2.05, 4.69) is 26.2 Å². The van der Waals surface area contributed by atoms with Crippen molar-refractivity contribution in [1.82, 2.24) is 9.97 Å². The summed E-state index contributed by atoms with van der Waals surface area (Å²) in [5.74, 6) is 2.69. The molecule has 1 aromatic heterocycles. The van der Waals surface area contributed by atoms with Gasteiger partial charge < -0.3 is 0 Å². The second-order valence-corrected chi connectivity index (χ2v) is 7.47. The first kappa shape index (κ1) is 18.4. The number of nitrogens with zero attached hydrogens (tertiary/aromatic N) is 2. The molecule has 130 valence electrons. The summed E-state index contributed by atoms with van der Waals surface area (Å²) in [6.45, 7) is 4.55. The Kier molecular flexibility index (Phi) is 8.63. The van der Waals surface area contributed by atoms with E-state index < -0.39 is 0 Å². The van der Waals surface area contributed by atoms with Crippen molar-refractivity contribution in [2.75, 3.05) is 0 Å². The van der Waals surface area contributed by atoms with Crippen LogP contribution in [-0.4, -0.2) is 9.97 Å². The van der Waals surface area contributed by atoms with Gasteiger partial charge in [0, 0.05) is 18.3 Å². The minimum Gasteiger partial charge on any atom is -0.241 e. The molecule has 0 bridgehead atoms. The van der Waals surface area contributed by atoms with Crippen molar-refractivity contribution >= 4 is 0 Å². The largest absolute Gasteiger partial charge is 0.241 e. The van der Waals surface area contributed by atoms with Gasteiger partial charge in [0.05, 0.1) is 0 Å². The van der Waals surface area contributed by atoms with Crippen molar-refractivity contribution < 1.29 is 0 Å². The maximum absolute atomic E-state index is 4.69. The molecular formula is C21H36N2. The van der Waals surface area contributed by atoms with E-state index in [-0.39, 0.29) is 0 Å². The molecule has 1 aromatic rings. The predicted octanol–water partition coefficient (Wildman–Crippen LogP) is 6.45. The fourth-order valence-corrected chi connectivity index (χ4v) is 3.85. The van der Waals surface area contributed by atoms with Crippen molar-refractivity contribution in [1.29, 1.82) is 0 Å². The fraction of sp³-hybridized carbons (Fsp3) is 0.810. The molecular weight excluding hydrogens is 280 g/mol. The average Bonchev–Trinajstić information content (AvgIpc) is 2.60. The van der Waals surface area contributed by atoms with Crippen molar-refractivity contribution in [3.8, 4) is 0 Å². The Bertz CT molecular complexity index is 404. The maximum Gasteiger partial charge on any atom is 0.131 e. The molecule has 1 heterocycles. The molecule has 0 radical (unpaired) electrons. The van der Waals surface area contributed by atoms with Crippen LogP contribution in [0.1, 0.15) is 108 Å². The van der Waals surface area contributed by atoms with Gasteiger partial charge in [-0.2, -0.15) is 0 Å². The molecule has 1 saturated carbocycles. The maximum atomic E-state index is 4.69. The molecule has 23 heavy (non-hydrogen) atoms. The van der Waals surface area contributed by atoms with Crippen molar-refractivity contribution in [2.45, 2.75) is 103 Å². The van der Waals surface area contributed by atoms with Gasteiger partial charge in [-0.25, -0.2) is 9.97 Å². The second kappa shape index (κ2) is 10.8. The lowest BCUT2D eigenvalue weighted by molar-refractivity contribution is 0.297. The Morgan fingerprint density at radius 1 is 0.826 bits per heavy atom. The van der Waals surface area contributed by atoms with Gasteiger partial charge in [0.15, 0.2) is 0 Å². The molecule has 0 saturated heterocycles. The van der Waals surface area contributed by atoms with Gasteiger partial charge in [-0.15, -0.1) is 0 Å². The number of unbranched alkanes of at least 4 members (excludes halogenated alkanes) is 5. The third kappa shape index (κ3) is 6.61. The van der Waals surface area contributed by atoms with Crippen LogP contribution < -0.4 is 0 Å². The van der Waals surface area contributed by atoms with Gasteiger partial charge in [0.1, 0.15) is 5.82 Å². The van der Waals surface area contributed by atoms with Crippen LogP contribution in [0.3, 0.4) is 0 Å². The Hall–Kier alpha value is -0.920. The zero-order valence-corrected chi connectivity index (χ0v) is 15.4. The smallest absolute Gasteiger partial charge is 0.131 e. The molecule has 1 aliphatic carbocycles. The lowest BCUT2D eigenvalue weighted by atomic mass is 9.79. The molecule has 0 atom stereocenters. The quantitative estimate of drug-likeness (QED) is 0.463. The van der Waals surface area contributed by atoms with E-state index in [1.165, 1.54) is 82.6 Å². The standard InChI is InChI=1S/C21H36N2/c1-3-5-7-9-11-19-16-22-21(23-17-19)20-14-12-18(13-15-20)10-8-6-4-2/h16-18,20H,3-15H2,1-2H3/t18-,20-. The number of aryl methyl sites for hydroxylation is 1. The van der Waals surface area contributed by atoms with Crippen LogP contribution in [0.2, 0.25) is 0 Å². The first-order chi connectivity index (χ1) is 11.3. The molecule has 0 N–H and O–H groups in total. The van der Waals surface area contributed by atoms with E-state index in [9.17, 15) is 0 Å². The van der Waals surface area contributed by atoms with E-state index in [1.807, 2.05) is 0 Å². The average molecular weight is 317 g/mol. The number of hydrogen-bond acceptors (Lipinski definition) is 2. The summed E-state index contributed by atoms with van der Waals surface area (Å²) in [6.07, 6.45) is 21.6. The van der Waals surface area contributed by atoms with Crippen molar-refractivity contribution in [2.24, 2.45) is 5.92 Å². The van der Waals surface area contributed by atoms with Gasteiger partial charge >= 0.3 is 0 Å². The summed E-state index contributed by atoms with van der Waals surface area (Å²) in [6, 6.07) is 0. The van der Waals surface area contributed by atoms with Gasteiger partial charge in [-0.05, 0) is 50.0 Å². The Balaban J connectivity index is 1.71. The van der Waals surface area contributed by atoms with Crippen molar-refractivity contribution in [3.63, 3.8) is 0 Å². The highest BCUT2D eigenvalue weighted by atomic mass is 14.9. The van der Waals surface area contributed by atoms with Crippen LogP contribution in [0.15, 0.2) is 12.4 Å². The molecule has 2 rings (SSSR count). The molecule has 2 nitrogen and oxygen atoms in total. The Morgan fingerprint density at radius 3 is 2.13 bits per heavy atom. The zero-order valence-electron chi connectivity index (χ0n) is 15.4. The first-order valence-corrected chi connectivity index (χ1v) is 10.1. The Labute approximate surface area is 143 Å². The highest BCUT2D eigenvalue weighted by Crippen LogP contribution is 2.36. The zero-order chi connectivity index (χ0) is 16.3. The SMILES string of the molecule is CCCCCCc1cnc([C@H]2CC[C@H](CCCCC)CC2)nc1. The Morgan fingerprint density at radius 2 is 1.48 bits per heavy atom. The van der Waals surface area contributed by atoms with E-state index in [0.717, 1.165) is 18.2 Å². The summed E-state index contributed by atoms with van der Waals surface area (Å²) in [4.78, 5) is 9.38. The topological polar surface area (TPSA) is 25.8 Å². The lowest BCUT2D eigenvalue weighted by Crippen LogP contribution is -2.15. The normalized spacial score (nSPS) is 21.5. The predicted molar refractivity (Wildman–Crippen MR) is 98.7 cm³/mol. The van der Waals surface area contributed by atoms with E-state index in [0.29, 0.717) is 5.92 Å². The van der Waals surface area contributed by atoms with E-state index in [1.54, 1.807) is 0 Å². The third-order valence-electron chi connectivity index (χ3n) is 5.47. The molecule has 1 aliphatic rings. The minimum absolute atomic E-state index is 0.617. The fourth-order valence-electron chi connectivity index (χ4n) is 3.85. The molecule has 1 fully saturated rings. The number of hydrogen-bond donors (Lipinski definition) is 0. The van der Waals surface area contributed by atoms with Gasteiger partial charge in [-0.3, -0.25) is 0 Å². The number of rotatable bonds is 10. The van der Waals surface area contributed by atoms with Gasteiger partial charge in [0.2, 0.25) is 0 Å². The number of aromatic nitrogens is 2. The van der Waals surface area contributed by atoms with Crippen LogP contribution in [0.5, 0.6) is 0 Å². The van der Waals surface area contributed by atoms with Crippen LogP contribution in [-0.2, 0) is 6.42 Å². The van der Waals surface area contributed by atoms with Crippen LogP contribution >= 0.6 is 0 Å². The third-order valence-corrected chi connectivity index (χ3v) is 5.47. The van der Waals surface area contributed by atoms with Crippen LogP contribution in [0.4, 0.5) is 0 Å². The minimum atomic E-state index is 0.617. The van der Waals surface area contributed by atoms with Crippen LogP contribution in [0, 0.1) is 5.92 Å². The summed E-state index contributed by atoms with van der Waals surface area (Å²) in [7, 11) is 0. The lowest BCUT2D eigenvalue weighted by Gasteiger charge is -2.27. The summed E-state index contributed by atoms with van der Waals surface area (Å²) < 4.78 is 0. The van der Waals surface area contributed by atoms with Crippen molar-refractivity contribution in [3.05, 3.63) is 23.8 Å². The molecule has 0 unspecified atom stereocenters. The molecule has 2 heteroatoms. The monoisotopic (exact) mass is 316 g/mol. The van der Waals surface area contributed by atoms with E-state index >= 15 is 0 Å². The summed E-state index contributed by atoms with van der Waals surface area (Å²) in [5.41, 5.74) is 1.32. The molecule has 0 spiro atoms. The summed E-state index contributed by atoms with van der Waals surface area (Å²) >= 11 is 0. The second-order valence-electron chi connectivity index (χ2n) is 7.47. The van der Waals surface area contributed by atoms with Gasteiger partial charge in [0.25, 0.3) is 0 Å². The molecule has 0 amide bonds. The van der Waals surface area contributed by atoms with Crippen LogP contribution in [0.25, 0.3) is 0 Å². The first-order valence-electron chi connectivity index (χ1n) is 10.1. The highest BCUT2D eigenvalue weighted by Gasteiger charge is 2.23. The van der Waals surface area contributed by atoms with Gasteiger partial charge in [-0.1, -0.05) is 58.8 Å².